The van der Waals surface area contributed by atoms with Gasteiger partial charge in [0.15, 0.2) is 5.70 Å². The highest BCUT2D eigenvalue weighted by Crippen LogP contribution is 2.28. The number of esters is 1. The molecule has 126 valence electrons. The number of carbonyl (C=O) groups is 1. The summed E-state index contributed by atoms with van der Waals surface area (Å²) >= 11 is 17.8. The fraction of sp³-hybridized carbons (Fsp3) is 0. The molecule has 0 saturated carbocycles. The standard InChI is InChI=1S/C16H7Cl3N2O4/c17-11-4-1-8(5-13(11)19)6-14-16(22)25-15(20-14)10-3-2-9(21(23)24)7-12(10)18/h1-7H/b14-6-. The molecule has 2 aromatic carbocycles. The van der Waals surface area contributed by atoms with E-state index in [0.29, 0.717) is 15.6 Å². The van der Waals surface area contributed by atoms with Gasteiger partial charge in [0.1, 0.15) is 0 Å². The molecule has 6 nitrogen and oxygen atoms in total. The van der Waals surface area contributed by atoms with Gasteiger partial charge in [-0.25, -0.2) is 9.79 Å². The molecule has 0 N–H and O–H groups in total. The van der Waals surface area contributed by atoms with Crippen LogP contribution in [0.4, 0.5) is 5.69 Å². The quantitative estimate of drug-likeness (QED) is 0.319. The number of aliphatic imine (C=N–C) groups is 1. The average Bonchev–Trinajstić information content (AvgIpc) is 2.91. The van der Waals surface area contributed by atoms with Crippen LogP contribution < -0.4 is 0 Å². The third kappa shape index (κ3) is 3.66. The summed E-state index contributed by atoms with van der Waals surface area (Å²) in [5.41, 5.74) is 0.757. The van der Waals surface area contributed by atoms with Gasteiger partial charge < -0.3 is 4.74 Å². The van der Waals surface area contributed by atoms with Crippen LogP contribution in [0.3, 0.4) is 0 Å². The molecule has 0 bridgehead atoms. The molecule has 0 fully saturated rings. The Balaban J connectivity index is 1.96. The van der Waals surface area contributed by atoms with Gasteiger partial charge in [-0.15, -0.1) is 0 Å². The van der Waals surface area contributed by atoms with Crippen LogP contribution in [0.1, 0.15) is 11.1 Å². The zero-order chi connectivity index (χ0) is 18.1. The van der Waals surface area contributed by atoms with E-state index in [1.54, 1.807) is 18.2 Å². The molecule has 25 heavy (non-hydrogen) atoms. The number of benzene rings is 2. The number of carbonyl (C=O) groups excluding carboxylic acids is 1. The van der Waals surface area contributed by atoms with Crippen molar-refractivity contribution in [2.24, 2.45) is 4.99 Å². The van der Waals surface area contributed by atoms with E-state index in [4.69, 9.17) is 39.5 Å². The van der Waals surface area contributed by atoms with Crippen molar-refractivity contribution in [3.05, 3.63) is 78.4 Å². The smallest absolute Gasteiger partial charge is 0.363 e. The number of nitro groups is 1. The summed E-state index contributed by atoms with van der Waals surface area (Å²) in [7, 11) is 0. The molecule has 0 spiro atoms. The topological polar surface area (TPSA) is 81.8 Å². The summed E-state index contributed by atoms with van der Waals surface area (Å²) < 4.78 is 5.10. The number of halogens is 3. The van der Waals surface area contributed by atoms with Crippen LogP contribution in [-0.4, -0.2) is 16.8 Å². The van der Waals surface area contributed by atoms with Gasteiger partial charge >= 0.3 is 5.97 Å². The molecule has 0 saturated heterocycles. The number of nitro benzene ring substituents is 1. The van der Waals surface area contributed by atoms with Gasteiger partial charge in [0.25, 0.3) is 5.69 Å². The first kappa shape index (κ1) is 17.4. The van der Waals surface area contributed by atoms with Crippen molar-refractivity contribution in [1.82, 2.24) is 0 Å². The van der Waals surface area contributed by atoms with Crippen molar-refractivity contribution < 1.29 is 14.5 Å². The number of nitrogens with zero attached hydrogens (tertiary/aromatic N) is 2. The van der Waals surface area contributed by atoms with E-state index in [-0.39, 0.29) is 27.9 Å². The molecule has 0 aromatic heterocycles. The predicted molar refractivity (Wildman–Crippen MR) is 95.2 cm³/mol. The summed E-state index contributed by atoms with van der Waals surface area (Å²) in [6, 6.07) is 8.62. The van der Waals surface area contributed by atoms with Crippen molar-refractivity contribution in [2.45, 2.75) is 0 Å². The minimum absolute atomic E-state index is 0.0313. The molecule has 0 amide bonds. The fourth-order valence-corrected chi connectivity index (χ4v) is 2.64. The van der Waals surface area contributed by atoms with Crippen LogP contribution in [-0.2, 0) is 9.53 Å². The Hall–Kier alpha value is -2.41. The van der Waals surface area contributed by atoms with Gasteiger partial charge in [0.05, 0.1) is 25.6 Å². The number of ether oxygens (including phenoxy) is 1. The van der Waals surface area contributed by atoms with Crippen molar-refractivity contribution in [3.63, 3.8) is 0 Å². The monoisotopic (exact) mass is 396 g/mol. The maximum absolute atomic E-state index is 12.0. The van der Waals surface area contributed by atoms with Gasteiger partial charge in [-0.3, -0.25) is 10.1 Å². The second kappa shape index (κ2) is 6.84. The molecule has 1 aliphatic rings. The van der Waals surface area contributed by atoms with Gasteiger partial charge in [0.2, 0.25) is 5.90 Å². The summed E-state index contributed by atoms with van der Waals surface area (Å²) in [5, 5.41) is 11.5. The molecule has 0 radical (unpaired) electrons. The molecule has 1 heterocycles. The molecular formula is C16H7Cl3N2O4. The average molecular weight is 398 g/mol. The number of cyclic esters (lactones) is 1. The van der Waals surface area contributed by atoms with E-state index < -0.39 is 10.9 Å². The first-order chi connectivity index (χ1) is 11.8. The minimum Gasteiger partial charge on any atom is -0.402 e. The second-order valence-corrected chi connectivity index (χ2v) is 6.15. The predicted octanol–water partition coefficient (Wildman–Crippen LogP) is 4.90. The van der Waals surface area contributed by atoms with Gasteiger partial charge in [-0.1, -0.05) is 40.9 Å². The van der Waals surface area contributed by atoms with E-state index in [1.165, 1.54) is 18.2 Å². The van der Waals surface area contributed by atoms with E-state index in [9.17, 15) is 14.9 Å². The third-order valence-corrected chi connectivity index (χ3v) is 4.31. The molecular weight excluding hydrogens is 391 g/mol. The summed E-state index contributed by atoms with van der Waals surface area (Å²) in [6.07, 6.45) is 1.48. The summed E-state index contributed by atoms with van der Waals surface area (Å²) in [4.78, 5) is 26.3. The number of non-ortho nitro benzene ring substituents is 1. The second-order valence-electron chi connectivity index (χ2n) is 4.93. The lowest BCUT2D eigenvalue weighted by molar-refractivity contribution is -0.384. The number of hydrogen-bond donors (Lipinski definition) is 0. The molecule has 9 heteroatoms. The molecule has 1 aliphatic heterocycles. The highest BCUT2D eigenvalue weighted by molar-refractivity contribution is 6.42. The Kier molecular flexibility index (Phi) is 4.76. The van der Waals surface area contributed by atoms with E-state index in [2.05, 4.69) is 4.99 Å². The normalized spacial score (nSPS) is 15.2. The van der Waals surface area contributed by atoms with Crippen LogP contribution in [0.15, 0.2) is 47.1 Å². The summed E-state index contributed by atoms with van der Waals surface area (Å²) in [6.45, 7) is 0. The van der Waals surface area contributed by atoms with E-state index in [0.717, 1.165) is 6.07 Å². The zero-order valence-corrected chi connectivity index (χ0v) is 14.5. The number of rotatable bonds is 3. The largest absolute Gasteiger partial charge is 0.402 e. The third-order valence-electron chi connectivity index (χ3n) is 3.26. The van der Waals surface area contributed by atoms with Crippen LogP contribution in [0.2, 0.25) is 15.1 Å². The Labute approximate surface area is 156 Å². The zero-order valence-electron chi connectivity index (χ0n) is 12.2. The Bertz CT molecular complexity index is 970. The van der Waals surface area contributed by atoms with E-state index >= 15 is 0 Å². The van der Waals surface area contributed by atoms with Gasteiger partial charge in [0, 0.05) is 12.1 Å². The first-order valence-corrected chi connectivity index (χ1v) is 7.90. The molecule has 0 atom stereocenters. The fourth-order valence-electron chi connectivity index (χ4n) is 2.08. The maximum atomic E-state index is 12.0. The maximum Gasteiger partial charge on any atom is 0.363 e. The molecule has 3 rings (SSSR count). The molecule has 0 unspecified atom stereocenters. The van der Waals surface area contributed by atoms with Gasteiger partial charge in [-0.2, -0.15) is 0 Å². The van der Waals surface area contributed by atoms with Gasteiger partial charge in [-0.05, 0) is 29.8 Å². The SMILES string of the molecule is O=C1OC(c2ccc([N+](=O)[O-])cc2Cl)=N/C1=C\c1ccc(Cl)c(Cl)c1. The van der Waals surface area contributed by atoms with Crippen LogP contribution in [0.25, 0.3) is 6.08 Å². The highest BCUT2D eigenvalue weighted by Gasteiger charge is 2.26. The lowest BCUT2D eigenvalue weighted by Crippen LogP contribution is -2.06. The first-order valence-electron chi connectivity index (χ1n) is 6.77. The Morgan fingerprint density at radius 1 is 1.04 bits per heavy atom. The van der Waals surface area contributed by atoms with Crippen molar-refractivity contribution >= 4 is 58.4 Å². The van der Waals surface area contributed by atoms with E-state index in [1.807, 2.05) is 0 Å². The van der Waals surface area contributed by atoms with Crippen molar-refractivity contribution in [1.29, 1.82) is 0 Å². The van der Waals surface area contributed by atoms with Crippen LogP contribution in [0.5, 0.6) is 0 Å². The lowest BCUT2D eigenvalue weighted by atomic mass is 10.2. The Morgan fingerprint density at radius 2 is 1.80 bits per heavy atom. The number of hydrogen-bond acceptors (Lipinski definition) is 5. The van der Waals surface area contributed by atoms with Crippen molar-refractivity contribution in [2.75, 3.05) is 0 Å². The Morgan fingerprint density at radius 3 is 2.44 bits per heavy atom. The molecule has 0 aliphatic carbocycles. The van der Waals surface area contributed by atoms with Crippen LogP contribution >= 0.6 is 34.8 Å². The van der Waals surface area contributed by atoms with Crippen LogP contribution in [0, 0.1) is 10.1 Å². The lowest BCUT2D eigenvalue weighted by Gasteiger charge is -2.02. The molecule has 2 aromatic rings. The summed E-state index contributed by atoms with van der Waals surface area (Å²) in [5.74, 6) is -0.702. The highest BCUT2D eigenvalue weighted by atomic mass is 35.5. The van der Waals surface area contributed by atoms with Crippen molar-refractivity contribution in [3.8, 4) is 0 Å². The minimum atomic E-state index is -0.671.